The molecule has 2 aliphatic rings. The standard InChI is InChI=1S/C24H36N2O5S/c1-17-13-26(18(2)16-27)32(29,30)23-9-8-19(10-11-24(3,4)28)12-21(23)31-22(17)15-25(5)14-20-6-7-20/h8-9,12,17-18,20,22,27-28H,6-7,13-16H2,1-5H3/t17-,18+,22+/m1/s1. The van der Waals surface area contributed by atoms with Crippen LogP contribution in [0.15, 0.2) is 23.1 Å². The third-order valence-electron chi connectivity index (χ3n) is 5.94. The van der Waals surface area contributed by atoms with Crippen LogP contribution in [0, 0.1) is 23.7 Å². The number of aliphatic hydroxyl groups is 2. The number of fused-ring (bicyclic) bond motifs is 1. The van der Waals surface area contributed by atoms with E-state index in [0.717, 1.165) is 12.5 Å². The molecule has 0 amide bonds. The third kappa shape index (κ3) is 6.24. The fourth-order valence-electron chi connectivity index (χ4n) is 3.87. The van der Waals surface area contributed by atoms with Gasteiger partial charge in [-0.05, 0) is 64.8 Å². The highest BCUT2D eigenvalue weighted by atomic mass is 32.2. The highest BCUT2D eigenvalue weighted by Crippen LogP contribution is 2.35. The lowest BCUT2D eigenvalue weighted by Crippen LogP contribution is -2.49. The van der Waals surface area contributed by atoms with Gasteiger partial charge in [0.05, 0.1) is 6.61 Å². The van der Waals surface area contributed by atoms with Gasteiger partial charge in [-0.2, -0.15) is 4.31 Å². The van der Waals surface area contributed by atoms with Gasteiger partial charge in [-0.15, -0.1) is 0 Å². The molecule has 1 heterocycles. The predicted molar refractivity (Wildman–Crippen MR) is 124 cm³/mol. The molecule has 0 unspecified atom stereocenters. The smallest absolute Gasteiger partial charge is 0.247 e. The van der Waals surface area contributed by atoms with E-state index in [1.165, 1.54) is 23.2 Å². The molecule has 1 aliphatic heterocycles. The topological polar surface area (TPSA) is 90.3 Å². The van der Waals surface area contributed by atoms with Crippen molar-refractivity contribution in [3.05, 3.63) is 23.8 Å². The monoisotopic (exact) mass is 464 g/mol. The lowest BCUT2D eigenvalue weighted by molar-refractivity contribution is 0.0740. The largest absolute Gasteiger partial charge is 0.487 e. The fraction of sp³-hybridized carbons (Fsp3) is 0.667. The molecule has 0 spiro atoms. The van der Waals surface area contributed by atoms with Gasteiger partial charge < -0.3 is 19.8 Å². The highest BCUT2D eigenvalue weighted by molar-refractivity contribution is 7.89. The Kier molecular flexibility index (Phi) is 7.58. The number of aliphatic hydroxyl groups excluding tert-OH is 1. The number of sulfonamides is 1. The Morgan fingerprint density at radius 1 is 1.31 bits per heavy atom. The van der Waals surface area contributed by atoms with E-state index in [1.807, 2.05) is 6.92 Å². The van der Waals surface area contributed by atoms with Crippen molar-refractivity contribution < 1.29 is 23.4 Å². The maximum absolute atomic E-state index is 13.5. The van der Waals surface area contributed by atoms with Crippen LogP contribution in [0.2, 0.25) is 0 Å². The molecule has 1 aliphatic carbocycles. The summed E-state index contributed by atoms with van der Waals surface area (Å²) in [6, 6.07) is 4.23. The minimum Gasteiger partial charge on any atom is -0.487 e. The Morgan fingerprint density at radius 3 is 2.59 bits per heavy atom. The molecule has 0 aromatic heterocycles. The van der Waals surface area contributed by atoms with E-state index in [-0.39, 0.29) is 35.8 Å². The van der Waals surface area contributed by atoms with Gasteiger partial charge in [-0.25, -0.2) is 8.42 Å². The molecule has 32 heavy (non-hydrogen) atoms. The van der Waals surface area contributed by atoms with Crippen molar-refractivity contribution in [3.63, 3.8) is 0 Å². The Balaban J connectivity index is 2.02. The normalized spacial score (nSPS) is 24.5. The van der Waals surface area contributed by atoms with Gasteiger partial charge in [-0.1, -0.05) is 18.8 Å². The van der Waals surface area contributed by atoms with Crippen molar-refractivity contribution in [3.8, 4) is 17.6 Å². The summed E-state index contributed by atoms with van der Waals surface area (Å²) in [6.45, 7) is 8.58. The number of hydrogen-bond donors (Lipinski definition) is 2. The molecule has 7 nitrogen and oxygen atoms in total. The Bertz CT molecular complexity index is 972. The van der Waals surface area contributed by atoms with Crippen molar-refractivity contribution in [2.45, 2.75) is 63.2 Å². The molecule has 2 N–H and O–H groups in total. The molecule has 1 aromatic rings. The van der Waals surface area contributed by atoms with Crippen molar-refractivity contribution in [1.82, 2.24) is 9.21 Å². The average Bonchev–Trinajstić information content (AvgIpc) is 3.51. The number of nitrogens with zero attached hydrogens (tertiary/aromatic N) is 2. The number of benzene rings is 1. The van der Waals surface area contributed by atoms with Crippen molar-refractivity contribution in [2.24, 2.45) is 11.8 Å². The first-order valence-electron chi connectivity index (χ1n) is 11.3. The van der Waals surface area contributed by atoms with Gasteiger partial charge in [0.15, 0.2) is 0 Å². The zero-order chi connectivity index (χ0) is 23.7. The Morgan fingerprint density at radius 2 is 2.00 bits per heavy atom. The number of rotatable bonds is 6. The van der Waals surface area contributed by atoms with E-state index in [0.29, 0.717) is 12.1 Å². The highest BCUT2D eigenvalue weighted by Gasteiger charge is 2.38. The summed E-state index contributed by atoms with van der Waals surface area (Å²) in [7, 11) is -1.80. The van der Waals surface area contributed by atoms with Crippen LogP contribution in [-0.4, -0.2) is 78.9 Å². The molecular formula is C24H36N2O5S. The maximum Gasteiger partial charge on any atom is 0.247 e. The van der Waals surface area contributed by atoms with E-state index < -0.39 is 21.7 Å². The molecule has 1 aromatic carbocycles. The van der Waals surface area contributed by atoms with E-state index in [2.05, 4.69) is 23.8 Å². The van der Waals surface area contributed by atoms with Gasteiger partial charge in [0.2, 0.25) is 10.0 Å². The molecule has 3 atom stereocenters. The molecule has 178 valence electrons. The van der Waals surface area contributed by atoms with Crippen LogP contribution in [0.3, 0.4) is 0 Å². The first-order valence-corrected chi connectivity index (χ1v) is 12.7. The van der Waals surface area contributed by atoms with Gasteiger partial charge in [0, 0.05) is 37.2 Å². The maximum atomic E-state index is 13.5. The van der Waals surface area contributed by atoms with Crippen LogP contribution >= 0.6 is 0 Å². The molecular weight excluding hydrogens is 428 g/mol. The van der Waals surface area contributed by atoms with E-state index in [4.69, 9.17) is 4.74 Å². The summed E-state index contributed by atoms with van der Waals surface area (Å²) >= 11 is 0. The second kappa shape index (κ2) is 9.70. The minimum absolute atomic E-state index is 0.0772. The van der Waals surface area contributed by atoms with E-state index in [9.17, 15) is 18.6 Å². The minimum atomic E-state index is -3.87. The van der Waals surface area contributed by atoms with Crippen molar-refractivity contribution in [1.29, 1.82) is 0 Å². The molecule has 0 bridgehead atoms. The summed E-state index contributed by atoms with van der Waals surface area (Å²) < 4.78 is 34.7. The molecule has 0 saturated heterocycles. The summed E-state index contributed by atoms with van der Waals surface area (Å²) in [4.78, 5) is 2.33. The van der Waals surface area contributed by atoms with Gasteiger partial charge in [-0.3, -0.25) is 0 Å². The first-order chi connectivity index (χ1) is 14.9. The van der Waals surface area contributed by atoms with Crippen LogP contribution in [0.1, 0.15) is 46.1 Å². The second-order valence-corrected chi connectivity index (χ2v) is 11.7. The first kappa shape index (κ1) is 25.0. The zero-order valence-corrected chi connectivity index (χ0v) is 20.5. The van der Waals surface area contributed by atoms with E-state index in [1.54, 1.807) is 32.9 Å². The summed E-state index contributed by atoms with van der Waals surface area (Å²) in [5.41, 5.74) is -0.589. The Labute approximate surface area is 192 Å². The van der Waals surface area contributed by atoms with Gasteiger partial charge in [0.25, 0.3) is 0 Å². The fourth-order valence-corrected chi connectivity index (χ4v) is 5.70. The quantitative estimate of drug-likeness (QED) is 0.625. The van der Waals surface area contributed by atoms with Gasteiger partial charge in [0.1, 0.15) is 22.4 Å². The van der Waals surface area contributed by atoms with Crippen LogP contribution in [-0.2, 0) is 10.0 Å². The second-order valence-electron chi connectivity index (χ2n) is 9.88. The number of hydrogen-bond acceptors (Lipinski definition) is 6. The molecule has 3 rings (SSSR count). The third-order valence-corrected chi connectivity index (χ3v) is 7.96. The number of ether oxygens (including phenoxy) is 1. The molecule has 1 saturated carbocycles. The summed E-state index contributed by atoms with van der Waals surface area (Å²) in [5, 5.41) is 19.7. The summed E-state index contributed by atoms with van der Waals surface area (Å²) in [6.07, 6.45) is 2.30. The molecule has 1 fully saturated rings. The lowest BCUT2D eigenvalue weighted by Gasteiger charge is -2.37. The van der Waals surface area contributed by atoms with Crippen LogP contribution in [0.5, 0.6) is 5.75 Å². The molecule has 8 heteroatoms. The van der Waals surface area contributed by atoms with Gasteiger partial charge >= 0.3 is 0 Å². The summed E-state index contributed by atoms with van der Waals surface area (Å²) in [5.74, 6) is 6.59. The van der Waals surface area contributed by atoms with Crippen molar-refractivity contribution >= 4 is 10.0 Å². The zero-order valence-electron chi connectivity index (χ0n) is 19.7. The average molecular weight is 465 g/mol. The predicted octanol–water partition coefficient (Wildman–Crippen LogP) is 1.92. The Hall–Kier alpha value is -1.63. The lowest BCUT2D eigenvalue weighted by atomic mass is 10.0. The van der Waals surface area contributed by atoms with E-state index >= 15 is 0 Å². The van der Waals surface area contributed by atoms with Crippen molar-refractivity contribution in [2.75, 3.05) is 33.3 Å². The SMILES string of the molecule is C[C@@H]1CN([C@@H](C)CO)S(=O)(=O)c2ccc(C#CC(C)(C)O)cc2O[C@H]1CN(C)CC1CC1. The number of likely N-dealkylation sites (N-methyl/N-ethyl adjacent to an activating group) is 1. The molecule has 0 radical (unpaired) electrons. The van der Waals surface area contributed by atoms with Crippen LogP contribution in [0.25, 0.3) is 0 Å². The van der Waals surface area contributed by atoms with Crippen LogP contribution in [0.4, 0.5) is 0 Å². The van der Waals surface area contributed by atoms with Crippen LogP contribution < -0.4 is 4.74 Å².